The van der Waals surface area contributed by atoms with Crippen molar-refractivity contribution in [1.29, 1.82) is 0 Å². The summed E-state index contributed by atoms with van der Waals surface area (Å²) in [6.45, 7) is 50.0. The standard InChI is InChI=1S/C83H86BN3/c1-76(2,3)45-22-28-52(29-23-45)85-65-34-27-46(77(4,5)6)36-58(65)69-68(85)44-64-75-70(69)55-32-26-49(80(13,14)15)43-67(55)86(75)66-35-33-59-74-71(66)84(64)63-42-51(82(19,20)21)38-57-56-37-50(81(16,17)18)41-62(72(56)87(74)73(57)63)83(59)60-39-47(78(7,8)9)24-30-53(60)54-31-25-48(40-61(54)83)79(10,11)12/h22-44H,1-21H3. The molecule has 0 fully saturated rings. The molecule has 436 valence electrons. The smallest absolute Gasteiger partial charge is 0.252 e. The monoisotopic (exact) mass is 1140 g/mol. The molecule has 0 N–H and O–H groups in total. The van der Waals surface area contributed by atoms with E-state index in [1.807, 2.05) is 0 Å². The van der Waals surface area contributed by atoms with Gasteiger partial charge in [-0.2, -0.15) is 0 Å². The van der Waals surface area contributed by atoms with Crippen molar-refractivity contribution in [3.8, 4) is 28.2 Å². The number of aromatic nitrogens is 3. The van der Waals surface area contributed by atoms with Crippen LogP contribution >= 0.6 is 0 Å². The summed E-state index contributed by atoms with van der Waals surface area (Å²) >= 11 is 0. The van der Waals surface area contributed by atoms with Gasteiger partial charge in [0.1, 0.15) is 0 Å². The molecule has 0 saturated heterocycles. The van der Waals surface area contributed by atoms with Gasteiger partial charge >= 0.3 is 0 Å². The highest BCUT2D eigenvalue weighted by Gasteiger charge is 2.55. The van der Waals surface area contributed by atoms with Crippen LogP contribution in [-0.2, 0) is 43.3 Å². The van der Waals surface area contributed by atoms with Crippen molar-refractivity contribution < 1.29 is 0 Å². The number of rotatable bonds is 1. The molecule has 4 heteroatoms. The highest BCUT2D eigenvalue weighted by molar-refractivity contribution is 7.00. The van der Waals surface area contributed by atoms with Gasteiger partial charge in [-0.15, -0.1) is 0 Å². The van der Waals surface area contributed by atoms with Crippen LogP contribution in [0.2, 0.25) is 0 Å². The summed E-state index contributed by atoms with van der Waals surface area (Å²) in [7, 11) is 0. The molecule has 1 aliphatic carbocycles. The summed E-state index contributed by atoms with van der Waals surface area (Å²) in [4.78, 5) is 0. The molecule has 0 bridgehead atoms. The lowest BCUT2D eigenvalue weighted by Crippen LogP contribution is -2.60. The highest BCUT2D eigenvalue weighted by Crippen LogP contribution is 2.63. The summed E-state index contributed by atoms with van der Waals surface area (Å²) in [6, 6.07) is 58.1. The van der Waals surface area contributed by atoms with Gasteiger partial charge in [-0.05, 0) is 181 Å². The van der Waals surface area contributed by atoms with Gasteiger partial charge in [0.15, 0.2) is 0 Å². The quantitative estimate of drug-likeness (QED) is 0.146. The molecule has 0 amide bonds. The molecule has 3 aromatic heterocycles. The minimum absolute atomic E-state index is 0.0218. The lowest BCUT2D eigenvalue weighted by atomic mass is 9.33. The van der Waals surface area contributed by atoms with Gasteiger partial charge in [-0.3, -0.25) is 0 Å². The van der Waals surface area contributed by atoms with Crippen LogP contribution in [0.25, 0.3) is 93.6 Å². The van der Waals surface area contributed by atoms with E-state index in [-0.39, 0.29) is 44.6 Å². The summed E-state index contributed by atoms with van der Waals surface area (Å²) < 4.78 is 8.23. The summed E-state index contributed by atoms with van der Waals surface area (Å²) in [6.07, 6.45) is 0. The molecule has 0 radical (unpaired) electrons. The first-order valence-corrected chi connectivity index (χ1v) is 32.4. The van der Waals surface area contributed by atoms with E-state index in [2.05, 4.69) is 299 Å². The molecule has 1 spiro atoms. The van der Waals surface area contributed by atoms with Gasteiger partial charge in [0.2, 0.25) is 0 Å². The maximum atomic E-state index is 2.83. The number of benzene rings is 9. The Hall–Kier alpha value is -7.56. The van der Waals surface area contributed by atoms with Crippen LogP contribution in [0, 0.1) is 0 Å². The normalized spacial score (nSPS) is 15.3. The second-order valence-corrected chi connectivity index (χ2v) is 34.3. The minimum atomic E-state index is -0.648. The Bertz CT molecular complexity index is 5040. The summed E-state index contributed by atoms with van der Waals surface area (Å²) in [5.41, 5.74) is 32.6. The van der Waals surface area contributed by atoms with Crippen molar-refractivity contribution in [2.24, 2.45) is 0 Å². The molecule has 0 unspecified atom stereocenters. The fraction of sp³-hybridized carbons (Fsp3) is 0.349. The maximum Gasteiger partial charge on any atom is 0.252 e. The Balaban J connectivity index is 1.17. The molecular formula is C83H86BN3. The van der Waals surface area contributed by atoms with Crippen molar-refractivity contribution in [3.05, 3.63) is 201 Å². The van der Waals surface area contributed by atoms with Crippen molar-refractivity contribution >= 4 is 88.5 Å². The first-order chi connectivity index (χ1) is 40.6. The van der Waals surface area contributed by atoms with Crippen molar-refractivity contribution in [3.63, 3.8) is 0 Å². The van der Waals surface area contributed by atoms with Gasteiger partial charge in [0, 0.05) is 54.9 Å². The third kappa shape index (κ3) is 7.14. The Morgan fingerprint density at radius 2 is 0.770 bits per heavy atom. The largest absolute Gasteiger partial charge is 0.310 e. The van der Waals surface area contributed by atoms with Gasteiger partial charge < -0.3 is 13.7 Å². The Labute approximate surface area is 516 Å². The van der Waals surface area contributed by atoms with E-state index in [9.17, 15) is 0 Å². The van der Waals surface area contributed by atoms with E-state index < -0.39 is 5.41 Å². The fourth-order valence-corrected chi connectivity index (χ4v) is 16.5. The molecule has 87 heavy (non-hydrogen) atoms. The number of nitrogens with zero attached hydrogens (tertiary/aromatic N) is 3. The molecular weight excluding hydrogens is 1050 g/mol. The van der Waals surface area contributed by atoms with Crippen LogP contribution < -0.4 is 16.4 Å². The van der Waals surface area contributed by atoms with E-state index in [0.29, 0.717) is 0 Å². The maximum absolute atomic E-state index is 2.83. The Morgan fingerprint density at radius 3 is 1.34 bits per heavy atom. The molecule has 3 nitrogen and oxygen atoms in total. The molecule has 9 aromatic carbocycles. The first-order valence-electron chi connectivity index (χ1n) is 32.4. The lowest BCUT2D eigenvalue weighted by Gasteiger charge is -2.45. The van der Waals surface area contributed by atoms with Gasteiger partial charge in [0.05, 0.1) is 33.0 Å². The van der Waals surface area contributed by atoms with Crippen LogP contribution in [-0.4, -0.2) is 20.4 Å². The zero-order chi connectivity index (χ0) is 61.5. The van der Waals surface area contributed by atoms with Crippen LogP contribution in [0.1, 0.15) is 207 Å². The number of hydrogen-bond acceptors (Lipinski definition) is 0. The SMILES string of the molecule is CC(C)(C)c1ccc(-n2c3ccc(C(C)(C)C)cc3c3c4c5ccc(C(C)(C)C)cc5n5c4c(cc32)B2c3c-5ccc4c3-n3c5c2cc(C(C)(C)C)cc5c2cc(C(C)(C)C)cc(c23)C42c3cc(C(C)(C)C)ccc3-c3ccc(C(C)(C)C)cc32)cc1. The van der Waals surface area contributed by atoms with E-state index >= 15 is 0 Å². The van der Waals surface area contributed by atoms with Gasteiger partial charge in [0.25, 0.3) is 6.71 Å². The van der Waals surface area contributed by atoms with Crippen molar-refractivity contribution in [1.82, 2.24) is 13.7 Å². The number of fused-ring (bicyclic) bond motifs is 18. The highest BCUT2D eigenvalue weighted by atomic mass is 15.1. The second-order valence-electron chi connectivity index (χ2n) is 34.3. The number of hydrogen-bond donors (Lipinski definition) is 0. The molecule has 3 aliphatic heterocycles. The van der Waals surface area contributed by atoms with Gasteiger partial charge in [-0.1, -0.05) is 230 Å². The zero-order valence-electron chi connectivity index (χ0n) is 55.7. The molecule has 6 heterocycles. The third-order valence-electron chi connectivity index (χ3n) is 21.5. The zero-order valence-corrected chi connectivity index (χ0v) is 55.7. The average Bonchev–Trinajstić information content (AvgIpc) is 1.54. The van der Waals surface area contributed by atoms with E-state index in [1.54, 1.807) is 0 Å². The van der Waals surface area contributed by atoms with E-state index in [4.69, 9.17) is 0 Å². The Kier molecular flexibility index (Phi) is 10.4. The van der Waals surface area contributed by atoms with Crippen LogP contribution in [0.4, 0.5) is 0 Å². The molecule has 0 atom stereocenters. The minimum Gasteiger partial charge on any atom is -0.310 e. The Morgan fingerprint density at radius 1 is 0.299 bits per heavy atom. The van der Waals surface area contributed by atoms with E-state index in [1.165, 1.54) is 171 Å². The van der Waals surface area contributed by atoms with Crippen LogP contribution in [0.15, 0.2) is 140 Å². The van der Waals surface area contributed by atoms with Gasteiger partial charge in [-0.25, -0.2) is 0 Å². The lowest BCUT2D eigenvalue weighted by molar-refractivity contribution is 0.583. The first kappa shape index (κ1) is 54.8. The third-order valence-corrected chi connectivity index (χ3v) is 21.5. The predicted molar refractivity (Wildman–Crippen MR) is 376 cm³/mol. The average molecular weight is 1140 g/mol. The fourth-order valence-electron chi connectivity index (χ4n) is 16.5. The molecule has 0 saturated carbocycles. The van der Waals surface area contributed by atoms with Crippen LogP contribution in [0.5, 0.6) is 0 Å². The molecule has 16 rings (SSSR count). The molecule has 4 aliphatic rings. The topological polar surface area (TPSA) is 14.8 Å². The van der Waals surface area contributed by atoms with Crippen molar-refractivity contribution in [2.45, 2.75) is 189 Å². The van der Waals surface area contributed by atoms with Crippen molar-refractivity contribution in [2.75, 3.05) is 0 Å². The predicted octanol–water partition coefficient (Wildman–Crippen LogP) is 19.9. The second kappa shape index (κ2) is 16.6. The summed E-state index contributed by atoms with van der Waals surface area (Å²) in [5.74, 6) is 0. The van der Waals surface area contributed by atoms with Crippen LogP contribution in [0.3, 0.4) is 0 Å². The molecule has 12 aromatic rings. The van der Waals surface area contributed by atoms with E-state index in [0.717, 1.165) is 0 Å². The summed E-state index contributed by atoms with van der Waals surface area (Å²) in [5, 5.41) is 8.05.